The van der Waals surface area contributed by atoms with Crippen LogP contribution in [0.1, 0.15) is 27.2 Å². The minimum absolute atomic E-state index is 0.0593. The van der Waals surface area contributed by atoms with E-state index in [9.17, 15) is 4.79 Å². The highest BCUT2D eigenvalue weighted by molar-refractivity contribution is 5.85. The molecule has 2 heterocycles. The van der Waals surface area contributed by atoms with Crippen molar-refractivity contribution in [2.24, 2.45) is 0 Å². The molecule has 114 valence electrons. The summed E-state index contributed by atoms with van der Waals surface area (Å²) in [5.74, 6) is 1.30. The number of fused-ring (bicyclic) bond motifs is 1. The van der Waals surface area contributed by atoms with Crippen LogP contribution in [0, 0.1) is 0 Å². The highest BCUT2D eigenvalue weighted by Gasteiger charge is 2.15. The lowest BCUT2D eigenvalue weighted by Gasteiger charge is -2.15. The lowest BCUT2D eigenvalue weighted by molar-refractivity contribution is -0.121. The first-order valence-electron chi connectivity index (χ1n) is 7.27. The van der Waals surface area contributed by atoms with Crippen LogP contribution in [0.2, 0.25) is 0 Å². The highest BCUT2D eigenvalue weighted by Crippen LogP contribution is 2.17. The van der Waals surface area contributed by atoms with E-state index < -0.39 is 0 Å². The lowest BCUT2D eigenvalue weighted by atomic mass is 10.3. The number of amides is 1. The second-order valence-corrected chi connectivity index (χ2v) is 4.82. The zero-order valence-electron chi connectivity index (χ0n) is 12.7. The van der Waals surface area contributed by atoms with Gasteiger partial charge in [-0.05, 0) is 20.3 Å². The summed E-state index contributed by atoms with van der Waals surface area (Å²) < 4.78 is 1.89. The Labute approximate surface area is 124 Å². The maximum absolute atomic E-state index is 11.8. The molecular weight excluding hydrogens is 268 g/mol. The number of hydrogen-bond donors (Lipinski definition) is 3. The Kier molecular flexibility index (Phi) is 4.97. The van der Waals surface area contributed by atoms with Gasteiger partial charge in [0.1, 0.15) is 11.9 Å². The molecule has 0 saturated carbocycles. The smallest absolute Gasteiger partial charge is 0.242 e. The fraction of sp³-hybridized carbons (Fsp3) is 0.500. The van der Waals surface area contributed by atoms with E-state index in [4.69, 9.17) is 0 Å². The Morgan fingerprint density at radius 1 is 1.43 bits per heavy atom. The van der Waals surface area contributed by atoms with Gasteiger partial charge in [0.25, 0.3) is 0 Å². The Morgan fingerprint density at radius 3 is 2.95 bits per heavy atom. The molecule has 0 aliphatic heterocycles. The van der Waals surface area contributed by atoms with E-state index >= 15 is 0 Å². The van der Waals surface area contributed by atoms with Crippen molar-refractivity contribution in [3.05, 3.63) is 18.6 Å². The SMILES string of the molecule is CCCNc1cn2ccnc2c(NC(C)C(=O)NCC)n1. The zero-order valence-corrected chi connectivity index (χ0v) is 12.7. The summed E-state index contributed by atoms with van der Waals surface area (Å²) in [6, 6.07) is -0.376. The molecular formula is C14H22N6O. The quantitative estimate of drug-likeness (QED) is 0.719. The fourth-order valence-electron chi connectivity index (χ4n) is 1.96. The Morgan fingerprint density at radius 2 is 2.24 bits per heavy atom. The summed E-state index contributed by atoms with van der Waals surface area (Å²) in [7, 11) is 0. The standard InChI is InChI=1S/C14H22N6O/c1-4-6-16-11-9-20-8-7-17-13(20)12(19-11)18-10(3)14(21)15-5-2/h7-10,16H,4-6H2,1-3H3,(H,15,21)(H,18,19). The van der Waals surface area contributed by atoms with E-state index in [-0.39, 0.29) is 11.9 Å². The van der Waals surface area contributed by atoms with Gasteiger partial charge >= 0.3 is 0 Å². The summed E-state index contributed by atoms with van der Waals surface area (Å²) >= 11 is 0. The number of likely N-dealkylation sites (N-methyl/N-ethyl adjacent to an activating group) is 1. The summed E-state index contributed by atoms with van der Waals surface area (Å²) in [6.07, 6.45) is 6.47. The van der Waals surface area contributed by atoms with Crippen LogP contribution in [0.3, 0.4) is 0 Å². The first kappa shape index (κ1) is 15.1. The molecule has 2 aromatic rings. The van der Waals surface area contributed by atoms with E-state index in [1.54, 1.807) is 13.1 Å². The van der Waals surface area contributed by atoms with Crippen molar-refractivity contribution in [1.82, 2.24) is 19.7 Å². The average Bonchev–Trinajstić information content (AvgIpc) is 2.93. The summed E-state index contributed by atoms with van der Waals surface area (Å²) in [5.41, 5.74) is 0.702. The van der Waals surface area contributed by atoms with Gasteiger partial charge in [-0.3, -0.25) is 4.79 Å². The maximum Gasteiger partial charge on any atom is 0.242 e. The van der Waals surface area contributed by atoms with Gasteiger partial charge in [-0.25, -0.2) is 9.97 Å². The molecule has 3 N–H and O–H groups in total. The molecule has 0 aromatic carbocycles. The minimum Gasteiger partial charge on any atom is -0.369 e. The molecule has 0 aliphatic carbocycles. The predicted molar refractivity (Wildman–Crippen MR) is 83.5 cm³/mol. The van der Waals surface area contributed by atoms with Crippen LogP contribution in [-0.4, -0.2) is 39.4 Å². The van der Waals surface area contributed by atoms with Gasteiger partial charge in [0.15, 0.2) is 11.5 Å². The number of hydrogen-bond acceptors (Lipinski definition) is 5. The van der Waals surface area contributed by atoms with Gasteiger partial charge in [0.2, 0.25) is 5.91 Å². The topological polar surface area (TPSA) is 83.3 Å². The van der Waals surface area contributed by atoms with E-state index in [0.717, 1.165) is 18.8 Å². The zero-order chi connectivity index (χ0) is 15.2. The maximum atomic E-state index is 11.8. The third-order valence-corrected chi connectivity index (χ3v) is 3.03. The second kappa shape index (κ2) is 6.92. The van der Waals surface area contributed by atoms with Gasteiger partial charge < -0.3 is 20.4 Å². The van der Waals surface area contributed by atoms with E-state index in [1.807, 2.05) is 23.7 Å². The predicted octanol–water partition coefficient (Wildman–Crippen LogP) is 1.49. The van der Waals surface area contributed by atoms with Crippen LogP contribution in [0.15, 0.2) is 18.6 Å². The summed E-state index contributed by atoms with van der Waals surface area (Å²) in [4.78, 5) is 20.6. The number of aromatic nitrogens is 3. The number of nitrogens with zero attached hydrogens (tertiary/aromatic N) is 3. The molecule has 0 bridgehead atoms. The third-order valence-electron chi connectivity index (χ3n) is 3.03. The second-order valence-electron chi connectivity index (χ2n) is 4.82. The molecule has 2 rings (SSSR count). The first-order valence-corrected chi connectivity index (χ1v) is 7.27. The Balaban J connectivity index is 2.24. The molecule has 0 fully saturated rings. The summed E-state index contributed by atoms with van der Waals surface area (Å²) in [6.45, 7) is 7.25. The van der Waals surface area contributed by atoms with Gasteiger partial charge in [-0.15, -0.1) is 0 Å². The molecule has 1 atom stereocenters. The van der Waals surface area contributed by atoms with Crippen molar-refractivity contribution in [3.8, 4) is 0 Å². The lowest BCUT2D eigenvalue weighted by Crippen LogP contribution is -2.37. The number of rotatable bonds is 7. The number of nitrogens with one attached hydrogen (secondary N) is 3. The number of carbonyl (C=O) groups excluding carboxylic acids is 1. The van der Waals surface area contributed by atoms with Crippen molar-refractivity contribution in [3.63, 3.8) is 0 Å². The first-order chi connectivity index (χ1) is 10.2. The number of carbonyl (C=O) groups is 1. The molecule has 7 nitrogen and oxygen atoms in total. The largest absolute Gasteiger partial charge is 0.369 e. The Bertz CT molecular complexity index is 609. The van der Waals surface area contributed by atoms with Gasteiger partial charge in [0, 0.05) is 25.5 Å². The molecule has 2 aromatic heterocycles. The monoisotopic (exact) mass is 290 g/mol. The number of anilines is 2. The van der Waals surface area contributed by atoms with Gasteiger partial charge in [-0.1, -0.05) is 6.92 Å². The third kappa shape index (κ3) is 3.62. The van der Waals surface area contributed by atoms with Gasteiger partial charge in [0.05, 0.1) is 6.20 Å². The Hall–Kier alpha value is -2.31. The molecule has 0 radical (unpaired) electrons. The van der Waals surface area contributed by atoms with Crippen molar-refractivity contribution in [2.75, 3.05) is 23.7 Å². The number of imidazole rings is 1. The van der Waals surface area contributed by atoms with Crippen LogP contribution in [0.4, 0.5) is 11.6 Å². The minimum atomic E-state index is -0.376. The van der Waals surface area contributed by atoms with Crippen molar-refractivity contribution in [1.29, 1.82) is 0 Å². The van der Waals surface area contributed by atoms with E-state index in [0.29, 0.717) is 18.0 Å². The normalized spacial score (nSPS) is 12.1. The molecule has 0 aliphatic rings. The summed E-state index contributed by atoms with van der Waals surface area (Å²) in [5, 5.41) is 9.15. The fourth-order valence-corrected chi connectivity index (χ4v) is 1.96. The van der Waals surface area contributed by atoms with Crippen LogP contribution >= 0.6 is 0 Å². The van der Waals surface area contributed by atoms with E-state index in [2.05, 4.69) is 32.8 Å². The molecule has 21 heavy (non-hydrogen) atoms. The molecule has 1 unspecified atom stereocenters. The van der Waals surface area contributed by atoms with E-state index in [1.165, 1.54) is 0 Å². The molecule has 0 saturated heterocycles. The molecule has 1 amide bonds. The van der Waals surface area contributed by atoms with Crippen LogP contribution in [0.25, 0.3) is 5.65 Å². The van der Waals surface area contributed by atoms with Crippen LogP contribution in [-0.2, 0) is 4.79 Å². The molecule has 7 heteroatoms. The van der Waals surface area contributed by atoms with Crippen LogP contribution < -0.4 is 16.0 Å². The molecule has 0 spiro atoms. The van der Waals surface area contributed by atoms with Crippen LogP contribution in [0.5, 0.6) is 0 Å². The van der Waals surface area contributed by atoms with Crippen molar-refractivity contribution >= 4 is 23.2 Å². The average molecular weight is 290 g/mol. The van der Waals surface area contributed by atoms with Crippen molar-refractivity contribution in [2.45, 2.75) is 33.2 Å². The van der Waals surface area contributed by atoms with Crippen molar-refractivity contribution < 1.29 is 4.79 Å². The highest BCUT2D eigenvalue weighted by atomic mass is 16.2. The van der Waals surface area contributed by atoms with Gasteiger partial charge in [-0.2, -0.15) is 0 Å².